The van der Waals surface area contributed by atoms with E-state index < -0.39 is 81.4 Å². The number of aliphatic hydroxyl groups excluding tert-OH is 3. The highest BCUT2D eigenvalue weighted by molar-refractivity contribution is 6.25. The number of azo groups is 1. The Balaban J connectivity index is 1.48. The van der Waals surface area contributed by atoms with Gasteiger partial charge in [-0.2, -0.15) is 5.11 Å². The molecule has 0 radical (unpaired) electrons. The number of primary amides is 1. The van der Waals surface area contributed by atoms with Crippen LogP contribution in [0.1, 0.15) is 68.3 Å². The Morgan fingerprint density at radius 3 is 2.23 bits per heavy atom. The second-order valence-electron chi connectivity index (χ2n) is 14.9. The minimum Gasteiger partial charge on any atom is -0.510 e. The maximum absolute atomic E-state index is 14.4. The van der Waals surface area contributed by atoms with E-state index >= 15 is 0 Å². The van der Waals surface area contributed by atoms with Crippen molar-refractivity contribution in [3.63, 3.8) is 0 Å². The van der Waals surface area contributed by atoms with Gasteiger partial charge in [-0.3, -0.25) is 19.3 Å². The molecule has 7 N–H and O–H groups in total. The molecule has 1 heterocycles. The molecular weight excluding hydrogens is 726 g/mol. The lowest BCUT2D eigenvalue weighted by molar-refractivity contribution is -0.162. The van der Waals surface area contributed by atoms with Crippen LogP contribution in [0.5, 0.6) is 17.2 Å². The van der Waals surface area contributed by atoms with E-state index in [1.54, 1.807) is 13.0 Å². The first kappa shape index (κ1) is 40.6. The lowest BCUT2D eigenvalue weighted by Gasteiger charge is -2.53. The van der Waals surface area contributed by atoms with Crippen LogP contribution in [0.15, 0.2) is 57.2 Å². The lowest BCUT2D eigenvalue weighted by Crippen LogP contribution is -2.68. The summed E-state index contributed by atoms with van der Waals surface area (Å²) in [7, 11) is 2.96. The van der Waals surface area contributed by atoms with Crippen molar-refractivity contribution in [1.82, 2.24) is 4.90 Å². The molecular formula is C40H51N5O11. The number of hydrogen-bond acceptors (Lipinski definition) is 15. The van der Waals surface area contributed by atoms with Crippen molar-refractivity contribution < 1.29 is 54.1 Å². The van der Waals surface area contributed by atoms with Crippen LogP contribution >= 0.6 is 0 Å². The Hall–Kier alpha value is -5.03. The van der Waals surface area contributed by atoms with Crippen LogP contribution in [0.3, 0.4) is 0 Å². The molecule has 0 aromatic heterocycles. The highest BCUT2D eigenvalue weighted by Crippen LogP contribution is 2.57. The van der Waals surface area contributed by atoms with Crippen molar-refractivity contribution in [1.29, 1.82) is 0 Å². The van der Waals surface area contributed by atoms with Gasteiger partial charge >= 0.3 is 0 Å². The van der Waals surface area contributed by atoms with Crippen molar-refractivity contribution in [2.75, 3.05) is 58.5 Å². The maximum Gasteiger partial charge on any atom is 0.255 e. The van der Waals surface area contributed by atoms with E-state index in [4.69, 9.17) is 19.9 Å². The number of likely N-dealkylation sites (N-methyl/N-ethyl adjacent to an activating group) is 1. The number of carbonyl (C=O) groups is 3. The molecule has 0 saturated carbocycles. The van der Waals surface area contributed by atoms with Crippen LogP contribution in [0.2, 0.25) is 0 Å². The molecule has 1 unspecified atom stereocenters. The number of Topliss-reactive ketones (excluding diaryl/α,β-unsaturated/α-hetero) is 2. The number of fused-ring (bicyclic) bond motifs is 3. The van der Waals surface area contributed by atoms with E-state index in [9.17, 15) is 39.9 Å². The molecule has 0 bridgehead atoms. The van der Waals surface area contributed by atoms with Gasteiger partial charge in [0.05, 0.1) is 61.4 Å². The fourth-order valence-corrected chi connectivity index (χ4v) is 8.43. The van der Waals surface area contributed by atoms with E-state index in [-0.39, 0.29) is 16.8 Å². The molecule has 1 saturated heterocycles. The molecule has 1 aliphatic heterocycles. The van der Waals surface area contributed by atoms with Gasteiger partial charge in [0.2, 0.25) is 5.78 Å². The molecule has 16 heteroatoms. The van der Waals surface area contributed by atoms with E-state index in [0.29, 0.717) is 56.7 Å². The number of ketones is 2. The van der Waals surface area contributed by atoms with Gasteiger partial charge in [-0.25, -0.2) is 0 Å². The molecule has 6 rings (SSSR count). The standard InChI is InChI=1S/C40H51N5O11/c1-6-8-14-55-25-19-23(45-12-16-54-17-13-45)26(56-15-9-7-2)18-22(25)43-42-21-10-11-24(46)29-27(21)20(3)28-30(34(29)47)37(50)40(53)32(35(28)48)33(44(4)5)36(49)31(38(40)51)39(41)52/h10-11,18-20,28,32-33,35,46,48-50,53H,6-9,12-17H2,1-5H3,(H2,41,52)/t20?,28-,32-,33+,35+,40+/m1/s1. The summed E-state index contributed by atoms with van der Waals surface area (Å²) in [4.78, 5) is 44.0. The van der Waals surface area contributed by atoms with Gasteiger partial charge in [0, 0.05) is 36.7 Å². The number of phenolic OH excluding ortho intramolecular Hbond substituents is 1. The van der Waals surface area contributed by atoms with Crippen molar-refractivity contribution in [2.24, 2.45) is 27.8 Å². The summed E-state index contributed by atoms with van der Waals surface area (Å²) in [5, 5.41) is 67.3. The molecule has 56 heavy (non-hydrogen) atoms. The Morgan fingerprint density at radius 2 is 1.62 bits per heavy atom. The molecule has 2 aromatic rings. The summed E-state index contributed by atoms with van der Waals surface area (Å²) in [6.45, 7) is 9.12. The minimum atomic E-state index is -3.02. The van der Waals surface area contributed by atoms with Gasteiger partial charge in [0.25, 0.3) is 5.91 Å². The van der Waals surface area contributed by atoms with Gasteiger partial charge < -0.3 is 50.4 Å². The predicted octanol–water partition coefficient (Wildman–Crippen LogP) is 4.26. The lowest BCUT2D eigenvalue weighted by atomic mass is 9.55. The van der Waals surface area contributed by atoms with Crippen LogP contribution < -0.4 is 20.1 Å². The van der Waals surface area contributed by atoms with Gasteiger partial charge in [-0.05, 0) is 50.6 Å². The van der Waals surface area contributed by atoms with Crippen LogP contribution in [0.25, 0.3) is 0 Å². The van der Waals surface area contributed by atoms with E-state index in [1.807, 2.05) is 6.07 Å². The largest absolute Gasteiger partial charge is 0.510 e. The zero-order chi connectivity index (χ0) is 40.6. The molecule has 16 nitrogen and oxygen atoms in total. The fraction of sp³-hybridized carbons (Fsp3) is 0.525. The Morgan fingerprint density at radius 1 is 1.00 bits per heavy atom. The SMILES string of the molecule is CCCCOc1cc(N2CCOCC2)c(OCCCC)cc1N=Nc1ccc(O)c2c1C(C)[C@@H]1C(=C(O)[C@]3(O)C(=O)C(C(N)=O)=C(O)[C@@H](N(C)C)[C@@H]3[C@H]1O)C2=O. The third kappa shape index (κ3) is 6.77. The number of carbonyl (C=O) groups excluding carboxylic acids is 3. The normalized spacial score (nSPS) is 26.4. The molecule has 1 amide bonds. The minimum absolute atomic E-state index is 0.165. The van der Waals surface area contributed by atoms with Crippen LogP contribution in [-0.4, -0.2) is 119 Å². The molecule has 0 spiro atoms. The van der Waals surface area contributed by atoms with Crippen LogP contribution in [-0.2, 0) is 14.3 Å². The maximum atomic E-state index is 14.4. The van der Waals surface area contributed by atoms with Crippen molar-refractivity contribution in [3.05, 3.63) is 58.1 Å². The summed E-state index contributed by atoms with van der Waals surface area (Å²) in [5.74, 6) is -8.91. The number of morpholine rings is 1. The molecule has 1 fully saturated rings. The first-order chi connectivity index (χ1) is 26.7. The highest BCUT2D eigenvalue weighted by atomic mass is 16.5. The number of rotatable bonds is 13. The molecule has 6 atom stereocenters. The highest BCUT2D eigenvalue weighted by Gasteiger charge is 2.67. The van der Waals surface area contributed by atoms with E-state index in [2.05, 4.69) is 29.0 Å². The van der Waals surface area contributed by atoms with E-state index in [0.717, 1.165) is 31.4 Å². The van der Waals surface area contributed by atoms with Crippen molar-refractivity contribution in [3.8, 4) is 17.2 Å². The number of benzene rings is 2. The average Bonchev–Trinajstić information content (AvgIpc) is 3.16. The van der Waals surface area contributed by atoms with E-state index in [1.165, 1.54) is 31.1 Å². The molecule has 2 aromatic carbocycles. The van der Waals surface area contributed by atoms with Crippen molar-refractivity contribution in [2.45, 2.75) is 70.1 Å². The number of ether oxygens (including phenoxy) is 3. The Kier molecular flexibility index (Phi) is 11.8. The smallest absolute Gasteiger partial charge is 0.255 e. The molecule has 3 aliphatic carbocycles. The number of hydrogen-bond donors (Lipinski definition) is 6. The number of aromatic hydroxyl groups is 1. The first-order valence-corrected chi connectivity index (χ1v) is 19.1. The fourth-order valence-electron chi connectivity index (χ4n) is 8.43. The zero-order valence-corrected chi connectivity index (χ0v) is 32.3. The number of nitrogens with zero attached hydrogens (tertiary/aromatic N) is 4. The number of aliphatic hydroxyl groups is 4. The average molecular weight is 778 g/mol. The molecule has 4 aliphatic rings. The number of phenols is 1. The number of unbranched alkanes of at least 4 members (excludes halogenated alkanes) is 2. The summed E-state index contributed by atoms with van der Waals surface area (Å²) in [6.07, 6.45) is 1.71. The zero-order valence-electron chi connectivity index (χ0n) is 32.3. The second-order valence-corrected chi connectivity index (χ2v) is 14.9. The van der Waals surface area contributed by atoms with Crippen molar-refractivity contribution >= 4 is 34.5 Å². The monoisotopic (exact) mass is 777 g/mol. The first-order valence-electron chi connectivity index (χ1n) is 19.1. The Bertz CT molecular complexity index is 1990. The summed E-state index contributed by atoms with van der Waals surface area (Å²) in [6, 6.07) is 4.98. The number of nitrogens with two attached hydrogens (primary N) is 1. The molecule has 302 valence electrons. The summed E-state index contributed by atoms with van der Waals surface area (Å²) >= 11 is 0. The van der Waals surface area contributed by atoms with Gasteiger partial charge in [0.15, 0.2) is 11.4 Å². The Labute approximate surface area is 324 Å². The quantitative estimate of drug-likeness (QED) is 0.0949. The van der Waals surface area contributed by atoms with Gasteiger partial charge in [0.1, 0.15) is 40.0 Å². The third-order valence-corrected chi connectivity index (χ3v) is 11.3. The second kappa shape index (κ2) is 16.2. The third-order valence-electron chi connectivity index (χ3n) is 11.3. The predicted molar refractivity (Wildman–Crippen MR) is 204 cm³/mol. The number of anilines is 1. The topological polar surface area (TPSA) is 237 Å². The van der Waals surface area contributed by atoms with Crippen LogP contribution in [0, 0.1) is 11.8 Å². The summed E-state index contributed by atoms with van der Waals surface area (Å²) in [5.41, 5.74) is 2.21. The summed E-state index contributed by atoms with van der Waals surface area (Å²) < 4.78 is 18.1. The van der Waals surface area contributed by atoms with Gasteiger partial charge in [-0.15, -0.1) is 5.11 Å². The van der Waals surface area contributed by atoms with Gasteiger partial charge in [-0.1, -0.05) is 33.6 Å². The van der Waals surface area contributed by atoms with Crippen LogP contribution in [0.4, 0.5) is 17.1 Å². The number of amides is 1.